The van der Waals surface area contributed by atoms with Crippen LogP contribution in [0.1, 0.15) is 36.1 Å². The van der Waals surface area contributed by atoms with Crippen LogP contribution in [0.3, 0.4) is 0 Å². The Kier molecular flexibility index (Phi) is 5.54. The Morgan fingerprint density at radius 2 is 2.00 bits per heavy atom. The molecule has 2 heterocycles. The summed E-state index contributed by atoms with van der Waals surface area (Å²) in [5, 5.41) is 0. The van der Waals surface area contributed by atoms with Crippen molar-refractivity contribution in [3.05, 3.63) is 41.2 Å². The van der Waals surface area contributed by atoms with Crippen molar-refractivity contribution in [2.24, 2.45) is 0 Å². The summed E-state index contributed by atoms with van der Waals surface area (Å²) in [4.78, 5) is 26.5. The second kappa shape index (κ2) is 8.13. The van der Waals surface area contributed by atoms with Crippen LogP contribution in [-0.2, 0) is 23.1 Å². The van der Waals surface area contributed by atoms with E-state index in [0.717, 1.165) is 56.0 Å². The van der Waals surface area contributed by atoms with E-state index in [-0.39, 0.29) is 11.3 Å². The predicted octanol–water partition coefficient (Wildman–Crippen LogP) is 2.61. The second-order valence-electron chi connectivity index (χ2n) is 8.50. The van der Waals surface area contributed by atoms with Crippen molar-refractivity contribution in [3.8, 4) is 11.5 Å². The molecule has 1 atom stereocenters. The fourth-order valence-electron chi connectivity index (χ4n) is 4.77. The highest BCUT2D eigenvalue weighted by Gasteiger charge is 2.44. The molecular formula is C23H30N4O3. The van der Waals surface area contributed by atoms with Crippen LogP contribution in [0.5, 0.6) is 11.5 Å². The highest BCUT2D eigenvalue weighted by molar-refractivity contribution is 5.79. The van der Waals surface area contributed by atoms with E-state index in [0.29, 0.717) is 17.9 Å². The van der Waals surface area contributed by atoms with Crippen LogP contribution < -0.4 is 14.4 Å². The Balaban J connectivity index is 1.53. The van der Waals surface area contributed by atoms with Gasteiger partial charge in [0.2, 0.25) is 11.9 Å². The Morgan fingerprint density at radius 3 is 2.73 bits per heavy atom. The van der Waals surface area contributed by atoms with Crippen molar-refractivity contribution in [2.75, 3.05) is 46.3 Å². The van der Waals surface area contributed by atoms with E-state index >= 15 is 0 Å². The van der Waals surface area contributed by atoms with Gasteiger partial charge in [-0.3, -0.25) is 4.79 Å². The number of likely N-dealkylation sites (tertiary alicyclic amines) is 1. The summed E-state index contributed by atoms with van der Waals surface area (Å²) in [6, 6.07) is 5.67. The maximum Gasteiger partial charge on any atom is 0.227 e. The quantitative estimate of drug-likeness (QED) is 0.755. The van der Waals surface area contributed by atoms with Gasteiger partial charge in [-0.15, -0.1) is 0 Å². The van der Waals surface area contributed by atoms with Crippen molar-refractivity contribution in [3.63, 3.8) is 0 Å². The molecule has 0 saturated carbocycles. The third-order valence-corrected chi connectivity index (χ3v) is 6.36. The summed E-state index contributed by atoms with van der Waals surface area (Å²) in [6.45, 7) is 1.53. The standard InChI is InChI=1S/C23H30N4O3/c1-26(2)22-24-14-17-8-10-23(21(17)25-22)9-5-11-27(15-23)20(28)13-16-6-7-18(29-3)19(12-16)30-4/h6-7,12,14H,5,8-11,13,15H2,1-4H3. The van der Waals surface area contributed by atoms with E-state index in [2.05, 4.69) is 4.98 Å². The summed E-state index contributed by atoms with van der Waals surface area (Å²) in [6.07, 6.45) is 6.42. The number of hydrogen-bond donors (Lipinski definition) is 0. The van der Waals surface area contributed by atoms with E-state index in [9.17, 15) is 4.79 Å². The number of rotatable bonds is 5. The van der Waals surface area contributed by atoms with Gasteiger partial charge in [0.25, 0.3) is 0 Å². The largest absolute Gasteiger partial charge is 0.493 e. The molecule has 2 aliphatic rings. The number of carbonyl (C=O) groups excluding carboxylic acids is 1. The molecule has 0 N–H and O–H groups in total. The highest BCUT2D eigenvalue weighted by atomic mass is 16.5. The molecule has 30 heavy (non-hydrogen) atoms. The second-order valence-corrected chi connectivity index (χ2v) is 8.50. The lowest BCUT2D eigenvalue weighted by molar-refractivity contribution is -0.132. The first kappa shape index (κ1) is 20.4. The third-order valence-electron chi connectivity index (χ3n) is 6.36. The number of piperidine rings is 1. The van der Waals surface area contributed by atoms with Gasteiger partial charge < -0.3 is 19.3 Å². The van der Waals surface area contributed by atoms with Crippen LogP contribution in [0.4, 0.5) is 5.95 Å². The molecule has 1 spiro atoms. The number of amides is 1. The monoisotopic (exact) mass is 410 g/mol. The fourth-order valence-corrected chi connectivity index (χ4v) is 4.77. The molecule has 0 bridgehead atoms. The van der Waals surface area contributed by atoms with Gasteiger partial charge in [0.1, 0.15) is 0 Å². The molecule has 1 aromatic carbocycles. The number of benzene rings is 1. The number of ether oxygens (including phenoxy) is 2. The molecule has 1 saturated heterocycles. The Hall–Kier alpha value is -2.83. The van der Waals surface area contributed by atoms with Crippen molar-refractivity contribution in [2.45, 2.75) is 37.5 Å². The molecule has 1 unspecified atom stereocenters. The van der Waals surface area contributed by atoms with Crippen molar-refractivity contribution < 1.29 is 14.3 Å². The fraction of sp³-hybridized carbons (Fsp3) is 0.522. The van der Waals surface area contributed by atoms with Gasteiger partial charge >= 0.3 is 0 Å². The van der Waals surface area contributed by atoms with E-state index in [4.69, 9.17) is 14.5 Å². The lowest BCUT2D eigenvalue weighted by Crippen LogP contribution is -2.48. The smallest absolute Gasteiger partial charge is 0.227 e. The van der Waals surface area contributed by atoms with Crippen LogP contribution in [-0.4, -0.2) is 62.2 Å². The van der Waals surface area contributed by atoms with Crippen LogP contribution in [0.25, 0.3) is 0 Å². The maximum absolute atomic E-state index is 13.2. The van der Waals surface area contributed by atoms with Gasteiger partial charge in [-0.2, -0.15) is 0 Å². The van der Waals surface area contributed by atoms with E-state index in [1.807, 2.05) is 48.3 Å². The molecule has 1 amide bonds. The zero-order valence-corrected chi connectivity index (χ0v) is 18.3. The van der Waals surface area contributed by atoms with Crippen molar-refractivity contribution in [1.82, 2.24) is 14.9 Å². The minimum atomic E-state index is -0.0471. The van der Waals surface area contributed by atoms with E-state index in [1.165, 1.54) is 5.56 Å². The maximum atomic E-state index is 13.2. The number of hydrogen-bond acceptors (Lipinski definition) is 6. The molecular weight excluding hydrogens is 380 g/mol. The average Bonchev–Trinajstić information content (AvgIpc) is 3.10. The van der Waals surface area contributed by atoms with Crippen molar-refractivity contribution in [1.29, 1.82) is 0 Å². The van der Waals surface area contributed by atoms with Crippen LogP contribution >= 0.6 is 0 Å². The number of aromatic nitrogens is 2. The zero-order valence-electron chi connectivity index (χ0n) is 18.3. The Bertz CT molecular complexity index is 942. The predicted molar refractivity (Wildman–Crippen MR) is 115 cm³/mol. The minimum absolute atomic E-state index is 0.0471. The summed E-state index contributed by atoms with van der Waals surface area (Å²) >= 11 is 0. The average molecular weight is 411 g/mol. The molecule has 0 radical (unpaired) electrons. The molecule has 1 aliphatic carbocycles. The molecule has 160 valence electrons. The molecule has 1 fully saturated rings. The number of fused-ring (bicyclic) bond motifs is 2. The lowest BCUT2D eigenvalue weighted by atomic mass is 9.77. The zero-order chi connectivity index (χ0) is 21.3. The first-order chi connectivity index (χ1) is 14.5. The molecule has 1 aromatic heterocycles. The van der Waals surface area contributed by atoms with Crippen molar-refractivity contribution >= 4 is 11.9 Å². The molecule has 4 rings (SSSR count). The number of aryl methyl sites for hydroxylation is 1. The minimum Gasteiger partial charge on any atom is -0.493 e. The van der Waals surface area contributed by atoms with Crippen LogP contribution in [0.15, 0.2) is 24.4 Å². The summed E-state index contributed by atoms with van der Waals surface area (Å²) in [5.74, 6) is 2.21. The molecule has 1 aliphatic heterocycles. The third kappa shape index (κ3) is 3.68. The van der Waals surface area contributed by atoms with Gasteiger partial charge in [0.05, 0.1) is 26.3 Å². The van der Waals surface area contributed by atoms with Gasteiger partial charge in [0.15, 0.2) is 11.5 Å². The van der Waals surface area contributed by atoms with Gasteiger partial charge in [-0.1, -0.05) is 6.07 Å². The molecule has 7 nitrogen and oxygen atoms in total. The molecule has 7 heteroatoms. The van der Waals surface area contributed by atoms with Crippen LogP contribution in [0.2, 0.25) is 0 Å². The highest BCUT2D eigenvalue weighted by Crippen LogP contribution is 2.44. The number of anilines is 1. The summed E-state index contributed by atoms with van der Waals surface area (Å²) in [7, 11) is 7.14. The van der Waals surface area contributed by atoms with Gasteiger partial charge in [-0.25, -0.2) is 9.97 Å². The number of methoxy groups -OCH3 is 2. The summed E-state index contributed by atoms with van der Waals surface area (Å²) in [5.41, 5.74) is 3.26. The van der Waals surface area contributed by atoms with Crippen LogP contribution in [0, 0.1) is 0 Å². The SMILES string of the molecule is COc1ccc(CC(=O)N2CCCC3(CCc4cnc(N(C)C)nc43)C2)cc1OC. The van der Waals surface area contributed by atoms with Gasteiger partial charge in [0, 0.05) is 38.8 Å². The summed E-state index contributed by atoms with van der Waals surface area (Å²) < 4.78 is 10.7. The Labute approximate surface area is 178 Å². The Morgan fingerprint density at radius 1 is 1.20 bits per heavy atom. The number of carbonyl (C=O) groups is 1. The van der Waals surface area contributed by atoms with E-state index in [1.54, 1.807) is 14.2 Å². The molecule has 2 aromatic rings. The topological polar surface area (TPSA) is 67.8 Å². The van der Waals surface area contributed by atoms with E-state index < -0.39 is 0 Å². The number of nitrogens with zero attached hydrogens (tertiary/aromatic N) is 4. The lowest BCUT2D eigenvalue weighted by Gasteiger charge is -2.40. The first-order valence-electron chi connectivity index (χ1n) is 10.5. The van der Waals surface area contributed by atoms with Gasteiger partial charge in [-0.05, 0) is 48.9 Å². The first-order valence-corrected chi connectivity index (χ1v) is 10.5. The normalized spacial score (nSPS) is 20.2.